The Hall–Kier alpha value is -0.0800. The van der Waals surface area contributed by atoms with Crippen molar-refractivity contribution >= 4 is 0 Å². The highest BCUT2D eigenvalue weighted by Gasteiger charge is 2.17. The number of aliphatic hydroxyl groups excluding tert-OH is 1. The second kappa shape index (κ2) is 4.83. The summed E-state index contributed by atoms with van der Waals surface area (Å²) in [5, 5.41) is 12.8. The Balaban J connectivity index is 1.93. The van der Waals surface area contributed by atoms with Crippen molar-refractivity contribution < 1.29 is 5.11 Å². The van der Waals surface area contributed by atoms with Crippen LogP contribution in [0.3, 0.4) is 0 Å². The predicted octanol–water partition coefficient (Wildman–Crippen LogP) is 1.39. The second-order valence-electron chi connectivity index (χ2n) is 4.27. The molecule has 0 aliphatic heterocycles. The van der Waals surface area contributed by atoms with Crippen molar-refractivity contribution in [2.24, 2.45) is 11.8 Å². The summed E-state index contributed by atoms with van der Waals surface area (Å²) in [6.07, 6.45) is 3.99. The highest BCUT2D eigenvalue weighted by Crippen LogP contribution is 2.25. The first-order chi connectivity index (χ1) is 5.70. The first-order valence-corrected chi connectivity index (χ1v) is 5.09. The van der Waals surface area contributed by atoms with E-state index in [0.717, 1.165) is 19.0 Å². The van der Waals surface area contributed by atoms with Gasteiger partial charge in [-0.25, -0.2) is 0 Å². The van der Waals surface area contributed by atoms with Crippen LogP contribution >= 0.6 is 0 Å². The van der Waals surface area contributed by atoms with Crippen molar-refractivity contribution in [2.75, 3.05) is 13.1 Å². The van der Waals surface area contributed by atoms with Crippen LogP contribution in [0.5, 0.6) is 0 Å². The Kier molecular flexibility index (Phi) is 4.02. The van der Waals surface area contributed by atoms with E-state index in [-0.39, 0.29) is 6.10 Å². The fraction of sp³-hybridized carbons (Fsp3) is 1.00. The van der Waals surface area contributed by atoms with E-state index in [1.807, 2.05) is 0 Å². The third kappa shape index (κ3) is 3.11. The molecule has 1 unspecified atom stereocenters. The highest BCUT2D eigenvalue weighted by atomic mass is 16.3. The van der Waals surface area contributed by atoms with E-state index in [1.54, 1.807) is 0 Å². The second-order valence-corrected chi connectivity index (χ2v) is 4.27. The molecule has 72 valence electrons. The number of hydrogen-bond donors (Lipinski definition) is 2. The summed E-state index contributed by atoms with van der Waals surface area (Å²) < 4.78 is 0. The number of nitrogens with one attached hydrogen (secondary N) is 1. The van der Waals surface area contributed by atoms with E-state index in [0.29, 0.717) is 5.92 Å². The fourth-order valence-corrected chi connectivity index (χ4v) is 1.37. The van der Waals surface area contributed by atoms with Gasteiger partial charge in [0.2, 0.25) is 0 Å². The van der Waals surface area contributed by atoms with Gasteiger partial charge in [-0.05, 0) is 31.2 Å². The summed E-state index contributed by atoms with van der Waals surface area (Å²) in [4.78, 5) is 0. The summed E-state index contributed by atoms with van der Waals surface area (Å²) >= 11 is 0. The molecule has 2 heteroatoms. The quantitative estimate of drug-likeness (QED) is 0.655. The molecule has 0 amide bonds. The normalized spacial score (nSPS) is 21.0. The van der Waals surface area contributed by atoms with E-state index in [9.17, 15) is 5.11 Å². The maximum absolute atomic E-state index is 9.47. The Labute approximate surface area is 75.4 Å². The van der Waals surface area contributed by atoms with Gasteiger partial charge < -0.3 is 10.4 Å². The SMILES string of the molecule is CC(C)C(O)CNCC1CCC1. The van der Waals surface area contributed by atoms with Crippen LogP contribution in [0.15, 0.2) is 0 Å². The van der Waals surface area contributed by atoms with Crippen LogP contribution in [-0.4, -0.2) is 24.3 Å². The van der Waals surface area contributed by atoms with Crippen molar-refractivity contribution in [3.63, 3.8) is 0 Å². The maximum Gasteiger partial charge on any atom is 0.0687 e. The minimum absolute atomic E-state index is 0.176. The predicted molar refractivity (Wildman–Crippen MR) is 51.1 cm³/mol. The lowest BCUT2D eigenvalue weighted by atomic mass is 9.85. The number of hydrogen-bond acceptors (Lipinski definition) is 2. The Morgan fingerprint density at radius 3 is 2.50 bits per heavy atom. The Morgan fingerprint density at radius 2 is 2.08 bits per heavy atom. The number of aliphatic hydroxyl groups is 1. The van der Waals surface area contributed by atoms with Gasteiger partial charge in [0.25, 0.3) is 0 Å². The van der Waals surface area contributed by atoms with Crippen molar-refractivity contribution in [1.29, 1.82) is 0 Å². The van der Waals surface area contributed by atoms with Gasteiger partial charge in [-0.3, -0.25) is 0 Å². The topological polar surface area (TPSA) is 32.3 Å². The lowest BCUT2D eigenvalue weighted by molar-refractivity contribution is 0.120. The largest absolute Gasteiger partial charge is 0.392 e. The molecule has 1 rings (SSSR count). The van der Waals surface area contributed by atoms with E-state index in [2.05, 4.69) is 19.2 Å². The maximum atomic E-state index is 9.47. The molecule has 0 saturated heterocycles. The van der Waals surface area contributed by atoms with Gasteiger partial charge in [0, 0.05) is 6.54 Å². The van der Waals surface area contributed by atoms with Gasteiger partial charge >= 0.3 is 0 Å². The van der Waals surface area contributed by atoms with Gasteiger partial charge in [0.05, 0.1) is 6.10 Å². The molecule has 0 heterocycles. The van der Waals surface area contributed by atoms with Gasteiger partial charge in [-0.2, -0.15) is 0 Å². The summed E-state index contributed by atoms with van der Waals surface area (Å²) in [5.41, 5.74) is 0. The molecule has 0 radical (unpaired) electrons. The van der Waals surface area contributed by atoms with Crippen molar-refractivity contribution in [1.82, 2.24) is 5.32 Å². The van der Waals surface area contributed by atoms with E-state index in [4.69, 9.17) is 0 Å². The van der Waals surface area contributed by atoms with Crippen LogP contribution in [0, 0.1) is 11.8 Å². The van der Waals surface area contributed by atoms with Crippen LogP contribution in [0.2, 0.25) is 0 Å². The van der Waals surface area contributed by atoms with Crippen LogP contribution in [0.1, 0.15) is 33.1 Å². The lowest BCUT2D eigenvalue weighted by Gasteiger charge is -2.26. The smallest absolute Gasteiger partial charge is 0.0687 e. The van der Waals surface area contributed by atoms with E-state index in [1.165, 1.54) is 19.3 Å². The van der Waals surface area contributed by atoms with Crippen LogP contribution in [0.4, 0.5) is 0 Å². The molecule has 0 aromatic heterocycles. The van der Waals surface area contributed by atoms with Gasteiger partial charge in [0.1, 0.15) is 0 Å². The zero-order chi connectivity index (χ0) is 8.97. The third-order valence-electron chi connectivity index (χ3n) is 2.78. The Morgan fingerprint density at radius 1 is 1.42 bits per heavy atom. The van der Waals surface area contributed by atoms with Crippen molar-refractivity contribution in [2.45, 2.75) is 39.2 Å². The summed E-state index contributed by atoms with van der Waals surface area (Å²) in [5.74, 6) is 1.27. The van der Waals surface area contributed by atoms with Gasteiger partial charge in [-0.1, -0.05) is 20.3 Å². The van der Waals surface area contributed by atoms with Gasteiger partial charge in [0.15, 0.2) is 0 Å². The van der Waals surface area contributed by atoms with Crippen molar-refractivity contribution in [3.05, 3.63) is 0 Å². The first kappa shape index (κ1) is 10.0. The minimum atomic E-state index is -0.176. The molecule has 1 aliphatic rings. The molecule has 0 aromatic rings. The van der Waals surface area contributed by atoms with E-state index < -0.39 is 0 Å². The number of rotatable bonds is 5. The third-order valence-corrected chi connectivity index (χ3v) is 2.78. The lowest BCUT2D eigenvalue weighted by Crippen LogP contribution is -2.35. The average molecular weight is 171 g/mol. The molecule has 2 nitrogen and oxygen atoms in total. The molecule has 1 saturated carbocycles. The van der Waals surface area contributed by atoms with Crippen LogP contribution in [0.25, 0.3) is 0 Å². The summed E-state index contributed by atoms with van der Waals surface area (Å²) in [6, 6.07) is 0. The molecule has 1 fully saturated rings. The van der Waals surface area contributed by atoms with E-state index >= 15 is 0 Å². The monoisotopic (exact) mass is 171 g/mol. The molecule has 0 spiro atoms. The highest BCUT2D eigenvalue weighted by molar-refractivity contribution is 4.73. The fourth-order valence-electron chi connectivity index (χ4n) is 1.37. The Bertz CT molecular complexity index is 121. The molecule has 1 aliphatic carbocycles. The zero-order valence-corrected chi connectivity index (χ0v) is 8.21. The minimum Gasteiger partial charge on any atom is -0.392 e. The molecule has 12 heavy (non-hydrogen) atoms. The molecule has 1 atom stereocenters. The molecular formula is C10H21NO. The standard InChI is InChI=1S/C10H21NO/c1-8(2)10(12)7-11-6-9-4-3-5-9/h8-12H,3-7H2,1-2H3. The average Bonchev–Trinajstić information content (AvgIpc) is 1.93. The molecule has 0 bridgehead atoms. The zero-order valence-electron chi connectivity index (χ0n) is 8.21. The first-order valence-electron chi connectivity index (χ1n) is 5.09. The summed E-state index contributed by atoms with van der Waals surface area (Å²) in [7, 11) is 0. The summed E-state index contributed by atoms with van der Waals surface area (Å²) in [6.45, 7) is 5.96. The molecule has 2 N–H and O–H groups in total. The van der Waals surface area contributed by atoms with Crippen LogP contribution in [-0.2, 0) is 0 Å². The van der Waals surface area contributed by atoms with Crippen molar-refractivity contribution in [3.8, 4) is 0 Å². The molecule has 0 aromatic carbocycles. The molecular weight excluding hydrogens is 150 g/mol. The van der Waals surface area contributed by atoms with Crippen LogP contribution < -0.4 is 5.32 Å². The van der Waals surface area contributed by atoms with Gasteiger partial charge in [-0.15, -0.1) is 0 Å².